The molecule has 2 fully saturated rings. The molecule has 0 amide bonds. The molecule has 0 saturated carbocycles. The molecule has 0 radical (unpaired) electrons. The van der Waals surface area contributed by atoms with Crippen LogP contribution in [0, 0.1) is 0 Å². The zero-order valence-electron chi connectivity index (χ0n) is 17.1. The largest absolute Gasteiger partial charge is 0.491 e. The van der Waals surface area contributed by atoms with E-state index in [4.69, 9.17) is 13.9 Å². The molecule has 30 heavy (non-hydrogen) atoms. The molecule has 2 aromatic carbocycles. The van der Waals surface area contributed by atoms with Crippen LogP contribution in [-0.2, 0) is 4.74 Å². The SMILES string of the molecule is OC(COc1cc(-c2ccoc2)c2ccccc2c1)CN1CC(N2CCOCC2)C1. The van der Waals surface area contributed by atoms with Gasteiger partial charge in [-0.05, 0) is 34.5 Å². The number of hydrogen-bond donors (Lipinski definition) is 1. The van der Waals surface area contributed by atoms with Gasteiger partial charge in [-0.1, -0.05) is 24.3 Å². The smallest absolute Gasteiger partial charge is 0.120 e. The first kappa shape index (κ1) is 19.6. The Bertz CT molecular complexity index is 963. The summed E-state index contributed by atoms with van der Waals surface area (Å²) in [6.45, 7) is 6.65. The third-order valence-corrected chi connectivity index (χ3v) is 6.08. The van der Waals surface area contributed by atoms with Crippen LogP contribution in [0.2, 0.25) is 0 Å². The zero-order valence-corrected chi connectivity index (χ0v) is 17.1. The molecule has 3 aromatic rings. The third kappa shape index (κ3) is 4.23. The Balaban J connectivity index is 1.18. The van der Waals surface area contributed by atoms with Gasteiger partial charge in [0.05, 0.1) is 25.7 Å². The number of hydrogen-bond acceptors (Lipinski definition) is 6. The van der Waals surface area contributed by atoms with E-state index in [0.717, 1.165) is 67.0 Å². The Morgan fingerprint density at radius 3 is 2.73 bits per heavy atom. The lowest BCUT2D eigenvalue weighted by molar-refractivity contribution is -0.0461. The van der Waals surface area contributed by atoms with E-state index in [2.05, 4.69) is 21.9 Å². The number of ether oxygens (including phenoxy) is 2. The molecular formula is C24H28N2O4. The number of aliphatic hydroxyl groups is 1. The molecule has 158 valence electrons. The molecule has 2 aliphatic heterocycles. The highest BCUT2D eigenvalue weighted by Crippen LogP contribution is 2.33. The number of aliphatic hydroxyl groups excluding tert-OH is 1. The second-order valence-corrected chi connectivity index (χ2v) is 8.19. The maximum atomic E-state index is 10.5. The standard InChI is InChI=1S/C24H28N2O4/c27-21(15-25-13-20(14-25)26-6-9-28-10-7-26)17-30-22-11-18-3-1-2-4-23(18)24(12-22)19-5-8-29-16-19/h1-5,8,11-12,16,20-21,27H,6-7,9-10,13-15,17H2. The number of furan rings is 1. The summed E-state index contributed by atoms with van der Waals surface area (Å²) in [7, 11) is 0. The predicted molar refractivity (Wildman–Crippen MR) is 116 cm³/mol. The number of likely N-dealkylation sites (tertiary alicyclic amines) is 1. The average molecular weight is 408 g/mol. The van der Waals surface area contributed by atoms with Crippen molar-refractivity contribution in [1.82, 2.24) is 9.80 Å². The van der Waals surface area contributed by atoms with Gasteiger partial charge in [-0.2, -0.15) is 0 Å². The van der Waals surface area contributed by atoms with Crippen molar-refractivity contribution in [2.75, 3.05) is 52.5 Å². The number of nitrogens with zero attached hydrogens (tertiary/aromatic N) is 2. The third-order valence-electron chi connectivity index (χ3n) is 6.08. The maximum Gasteiger partial charge on any atom is 0.120 e. The number of benzene rings is 2. The fraction of sp³-hybridized carbons (Fsp3) is 0.417. The van der Waals surface area contributed by atoms with Crippen molar-refractivity contribution in [3.05, 3.63) is 55.0 Å². The van der Waals surface area contributed by atoms with E-state index in [-0.39, 0.29) is 6.61 Å². The minimum Gasteiger partial charge on any atom is -0.491 e. The van der Waals surface area contributed by atoms with Crippen LogP contribution in [0.3, 0.4) is 0 Å². The summed E-state index contributed by atoms with van der Waals surface area (Å²) < 4.78 is 16.7. The molecule has 1 unspecified atom stereocenters. The normalized spacial score (nSPS) is 19.6. The van der Waals surface area contributed by atoms with Crippen LogP contribution < -0.4 is 4.74 Å². The maximum absolute atomic E-state index is 10.5. The van der Waals surface area contributed by atoms with Gasteiger partial charge in [0.15, 0.2) is 0 Å². The van der Waals surface area contributed by atoms with Gasteiger partial charge in [0.2, 0.25) is 0 Å². The molecule has 5 rings (SSSR count). The van der Waals surface area contributed by atoms with Gasteiger partial charge in [0, 0.05) is 44.3 Å². The fourth-order valence-corrected chi connectivity index (χ4v) is 4.43. The molecule has 6 nitrogen and oxygen atoms in total. The van der Waals surface area contributed by atoms with Gasteiger partial charge in [-0.25, -0.2) is 0 Å². The van der Waals surface area contributed by atoms with Gasteiger partial charge in [0.25, 0.3) is 0 Å². The highest BCUT2D eigenvalue weighted by atomic mass is 16.5. The van der Waals surface area contributed by atoms with Crippen molar-refractivity contribution >= 4 is 10.8 Å². The van der Waals surface area contributed by atoms with E-state index < -0.39 is 6.10 Å². The quantitative estimate of drug-likeness (QED) is 0.649. The van der Waals surface area contributed by atoms with Crippen LogP contribution in [0.25, 0.3) is 21.9 Å². The fourth-order valence-electron chi connectivity index (χ4n) is 4.43. The Kier molecular flexibility index (Phi) is 5.73. The first-order valence-electron chi connectivity index (χ1n) is 10.7. The second kappa shape index (κ2) is 8.78. The molecule has 2 saturated heterocycles. The van der Waals surface area contributed by atoms with E-state index >= 15 is 0 Å². The van der Waals surface area contributed by atoms with Gasteiger partial charge < -0.3 is 19.0 Å². The van der Waals surface area contributed by atoms with Crippen molar-refractivity contribution in [2.24, 2.45) is 0 Å². The van der Waals surface area contributed by atoms with Crippen LogP contribution >= 0.6 is 0 Å². The van der Waals surface area contributed by atoms with Crippen molar-refractivity contribution < 1.29 is 19.0 Å². The van der Waals surface area contributed by atoms with Crippen LogP contribution in [0.1, 0.15) is 0 Å². The summed E-state index contributed by atoms with van der Waals surface area (Å²) in [5, 5.41) is 12.8. The van der Waals surface area contributed by atoms with Crippen molar-refractivity contribution in [1.29, 1.82) is 0 Å². The van der Waals surface area contributed by atoms with Crippen LogP contribution in [0.15, 0.2) is 59.4 Å². The Morgan fingerprint density at radius 1 is 1.10 bits per heavy atom. The van der Waals surface area contributed by atoms with Crippen LogP contribution in [0.4, 0.5) is 0 Å². The summed E-state index contributed by atoms with van der Waals surface area (Å²) in [6.07, 6.45) is 2.91. The first-order valence-corrected chi connectivity index (χ1v) is 10.7. The summed E-state index contributed by atoms with van der Waals surface area (Å²) in [5.74, 6) is 0.763. The Labute approximate surface area is 176 Å². The lowest BCUT2D eigenvalue weighted by atomic mass is 10.00. The summed E-state index contributed by atoms with van der Waals surface area (Å²) in [5.41, 5.74) is 2.09. The minimum atomic E-state index is -0.514. The highest BCUT2D eigenvalue weighted by Gasteiger charge is 2.33. The van der Waals surface area contributed by atoms with E-state index in [0.29, 0.717) is 12.6 Å². The summed E-state index contributed by atoms with van der Waals surface area (Å²) in [6, 6.07) is 14.8. The first-order chi connectivity index (χ1) is 14.8. The topological polar surface area (TPSA) is 58.3 Å². The van der Waals surface area contributed by atoms with Crippen LogP contribution in [-0.4, -0.2) is 79.6 Å². The van der Waals surface area contributed by atoms with Gasteiger partial charge in [0.1, 0.15) is 18.5 Å². The highest BCUT2D eigenvalue weighted by molar-refractivity contribution is 5.97. The number of fused-ring (bicyclic) bond motifs is 1. The van der Waals surface area contributed by atoms with Crippen molar-refractivity contribution in [3.8, 4) is 16.9 Å². The molecule has 2 aliphatic rings. The number of β-amino-alcohol motifs (C(OH)–C–C–N with tert-alkyl or cyclic N) is 1. The molecule has 1 atom stereocenters. The predicted octanol–water partition coefficient (Wildman–Crippen LogP) is 2.86. The van der Waals surface area contributed by atoms with Crippen LogP contribution in [0.5, 0.6) is 5.75 Å². The zero-order chi connectivity index (χ0) is 20.3. The minimum absolute atomic E-state index is 0.280. The number of rotatable bonds is 7. The second-order valence-electron chi connectivity index (χ2n) is 8.19. The van der Waals surface area contributed by atoms with Gasteiger partial charge in [-0.3, -0.25) is 9.80 Å². The summed E-state index contributed by atoms with van der Waals surface area (Å²) >= 11 is 0. The molecular weight excluding hydrogens is 380 g/mol. The lowest BCUT2D eigenvalue weighted by Crippen LogP contribution is -2.62. The molecule has 0 aliphatic carbocycles. The lowest BCUT2D eigenvalue weighted by Gasteiger charge is -2.47. The van der Waals surface area contributed by atoms with E-state index in [1.807, 2.05) is 30.3 Å². The van der Waals surface area contributed by atoms with E-state index in [1.54, 1.807) is 12.5 Å². The molecule has 6 heteroatoms. The molecule has 3 heterocycles. The summed E-state index contributed by atoms with van der Waals surface area (Å²) in [4.78, 5) is 4.79. The molecule has 0 spiro atoms. The monoisotopic (exact) mass is 408 g/mol. The Morgan fingerprint density at radius 2 is 1.93 bits per heavy atom. The average Bonchev–Trinajstić information content (AvgIpc) is 3.29. The molecule has 1 N–H and O–H groups in total. The molecule has 0 bridgehead atoms. The molecule has 1 aromatic heterocycles. The van der Waals surface area contributed by atoms with E-state index in [9.17, 15) is 5.11 Å². The van der Waals surface area contributed by atoms with Crippen molar-refractivity contribution in [2.45, 2.75) is 12.1 Å². The van der Waals surface area contributed by atoms with Gasteiger partial charge in [-0.15, -0.1) is 0 Å². The Hall–Kier alpha value is -2.38. The van der Waals surface area contributed by atoms with E-state index in [1.165, 1.54) is 0 Å². The van der Waals surface area contributed by atoms with Gasteiger partial charge >= 0.3 is 0 Å². The number of morpholine rings is 1. The van der Waals surface area contributed by atoms with Crippen molar-refractivity contribution in [3.63, 3.8) is 0 Å².